The third-order valence-electron chi connectivity index (χ3n) is 4.01. The normalized spacial score (nSPS) is 14.6. The molecular formula is C18H21ClN2. The molecule has 2 aromatic rings. The third-order valence-corrected chi connectivity index (χ3v) is 4.24. The number of para-hydroxylation sites is 1. The van der Waals surface area contributed by atoms with Gasteiger partial charge in [0.1, 0.15) is 0 Å². The maximum absolute atomic E-state index is 6.04. The number of benzene rings is 2. The van der Waals surface area contributed by atoms with E-state index in [2.05, 4.69) is 41.8 Å². The quantitative estimate of drug-likeness (QED) is 0.871. The van der Waals surface area contributed by atoms with Crippen LogP contribution in [-0.2, 0) is 19.4 Å². The molecule has 0 saturated carbocycles. The summed E-state index contributed by atoms with van der Waals surface area (Å²) in [6.07, 6.45) is 2.13. The molecule has 0 aromatic heterocycles. The molecule has 0 saturated heterocycles. The molecular weight excluding hydrogens is 280 g/mol. The topological polar surface area (TPSA) is 24.1 Å². The van der Waals surface area contributed by atoms with Crippen LogP contribution in [0.3, 0.4) is 0 Å². The van der Waals surface area contributed by atoms with Gasteiger partial charge in [0.05, 0.1) is 0 Å². The lowest BCUT2D eigenvalue weighted by Crippen LogP contribution is -2.27. The standard InChI is InChI=1S/C18H21ClN2/c1-13(10-14-4-2-7-17(19)11-14)21-12-16-6-3-5-15-8-9-20-18(15)16/h2-7,11,13,20-21H,8-10,12H2,1H3. The summed E-state index contributed by atoms with van der Waals surface area (Å²) in [5.74, 6) is 0. The van der Waals surface area contributed by atoms with Crippen LogP contribution in [0.2, 0.25) is 5.02 Å². The molecule has 110 valence electrons. The Kier molecular flexibility index (Phi) is 4.47. The Morgan fingerprint density at radius 2 is 2.10 bits per heavy atom. The summed E-state index contributed by atoms with van der Waals surface area (Å²) < 4.78 is 0. The minimum atomic E-state index is 0.417. The van der Waals surface area contributed by atoms with Crippen molar-refractivity contribution in [3.63, 3.8) is 0 Å². The summed E-state index contributed by atoms with van der Waals surface area (Å²) in [6, 6.07) is 15.1. The smallest absolute Gasteiger partial charge is 0.0419 e. The molecule has 0 spiro atoms. The molecule has 3 rings (SSSR count). The van der Waals surface area contributed by atoms with Crippen LogP contribution in [0, 0.1) is 0 Å². The first-order valence-corrected chi connectivity index (χ1v) is 7.92. The Labute approximate surface area is 131 Å². The predicted octanol–water partition coefficient (Wildman–Crippen LogP) is 4.03. The van der Waals surface area contributed by atoms with E-state index in [1.807, 2.05) is 18.2 Å². The monoisotopic (exact) mass is 300 g/mol. The van der Waals surface area contributed by atoms with Crippen LogP contribution in [0.4, 0.5) is 5.69 Å². The minimum Gasteiger partial charge on any atom is -0.384 e. The average molecular weight is 301 g/mol. The molecule has 1 unspecified atom stereocenters. The van der Waals surface area contributed by atoms with Crippen molar-refractivity contribution in [1.82, 2.24) is 5.32 Å². The van der Waals surface area contributed by atoms with Gasteiger partial charge in [-0.05, 0) is 48.6 Å². The van der Waals surface area contributed by atoms with Crippen molar-refractivity contribution in [3.8, 4) is 0 Å². The van der Waals surface area contributed by atoms with Crippen LogP contribution in [-0.4, -0.2) is 12.6 Å². The molecule has 1 heterocycles. The maximum atomic E-state index is 6.04. The molecule has 21 heavy (non-hydrogen) atoms. The van der Waals surface area contributed by atoms with Crippen molar-refractivity contribution >= 4 is 17.3 Å². The Morgan fingerprint density at radius 1 is 1.24 bits per heavy atom. The number of anilines is 1. The Balaban J connectivity index is 1.59. The minimum absolute atomic E-state index is 0.417. The van der Waals surface area contributed by atoms with Gasteiger partial charge in [0.15, 0.2) is 0 Å². The molecule has 2 aromatic carbocycles. The summed E-state index contributed by atoms with van der Waals surface area (Å²) in [7, 11) is 0. The lowest BCUT2D eigenvalue weighted by atomic mass is 10.1. The van der Waals surface area contributed by atoms with Gasteiger partial charge in [-0.1, -0.05) is 41.9 Å². The van der Waals surface area contributed by atoms with Crippen molar-refractivity contribution in [3.05, 3.63) is 64.2 Å². The number of fused-ring (bicyclic) bond motifs is 1. The number of halogens is 1. The number of rotatable bonds is 5. The van der Waals surface area contributed by atoms with Gasteiger partial charge in [-0.25, -0.2) is 0 Å². The Hall–Kier alpha value is -1.51. The van der Waals surface area contributed by atoms with E-state index < -0.39 is 0 Å². The summed E-state index contributed by atoms with van der Waals surface area (Å²) in [5.41, 5.74) is 5.42. The van der Waals surface area contributed by atoms with Crippen molar-refractivity contribution in [1.29, 1.82) is 0 Å². The highest BCUT2D eigenvalue weighted by Crippen LogP contribution is 2.26. The second-order valence-corrected chi connectivity index (χ2v) is 6.18. The fraction of sp³-hybridized carbons (Fsp3) is 0.333. The summed E-state index contributed by atoms with van der Waals surface area (Å²) in [5, 5.41) is 7.92. The lowest BCUT2D eigenvalue weighted by Gasteiger charge is -2.16. The molecule has 0 fully saturated rings. The summed E-state index contributed by atoms with van der Waals surface area (Å²) >= 11 is 6.04. The van der Waals surface area contributed by atoms with Crippen LogP contribution in [0.1, 0.15) is 23.6 Å². The van der Waals surface area contributed by atoms with E-state index in [4.69, 9.17) is 11.6 Å². The molecule has 0 bridgehead atoms. The van der Waals surface area contributed by atoms with Gasteiger partial charge < -0.3 is 10.6 Å². The molecule has 3 heteroatoms. The third kappa shape index (κ3) is 3.58. The summed E-state index contributed by atoms with van der Waals surface area (Å²) in [4.78, 5) is 0. The van der Waals surface area contributed by atoms with Crippen LogP contribution in [0.25, 0.3) is 0 Å². The van der Waals surface area contributed by atoms with E-state index in [1.54, 1.807) is 0 Å². The van der Waals surface area contributed by atoms with Crippen molar-refractivity contribution in [2.45, 2.75) is 32.4 Å². The number of hydrogen-bond acceptors (Lipinski definition) is 2. The van der Waals surface area contributed by atoms with E-state index in [-0.39, 0.29) is 0 Å². The zero-order chi connectivity index (χ0) is 14.7. The zero-order valence-electron chi connectivity index (χ0n) is 12.3. The SMILES string of the molecule is CC(Cc1cccc(Cl)c1)NCc1cccc2c1NCC2. The largest absolute Gasteiger partial charge is 0.384 e. The van der Waals surface area contributed by atoms with Crippen molar-refractivity contribution < 1.29 is 0 Å². The fourth-order valence-electron chi connectivity index (χ4n) is 2.93. The fourth-order valence-corrected chi connectivity index (χ4v) is 3.14. The van der Waals surface area contributed by atoms with Gasteiger partial charge in [0.25, 0.3) is 0 Å². The van der Waals surface area contributed by atoms with Gasteiger partial charge in [-0.3, -0.25) is 0 Å². The molecule has 2 nitrogen and oxygen atoms in total. The highest BCUT2D eigenvalue weighted by Gasteiger charge is 2.13. The molecule has 0 aliphatic carbocycles. The molecule has 1 atom stereocenters. The molecule has 1 aliphatic heterocycles. The first kappa shape index (κ1) is 14.4. The van der Waals surface area contributed by atoms with E-state index in [0.717, 1.165) is 31.0 Å². The first-order chi connectivity index (χ1) is 10.2. The average Bonchev–Trinajstić information content (AvgIpc) is 2.94. The Bertz CT molecular complexity index is 624. The van der Waals surface area contributed by atoms with Crippen LogP contribution in [0.15, 0.2) is 42.5 Å². The van der Waals surface area contributed by atoms with Gasteiger partial charge in [-0.15, -0.1) is 0 Å². The van der Waals surface area contributed by atoms with Gasteiger partial charge in [0.2, 0.25) is 0 Å². The van der Waals surface area contributed by atoms with Crippen LogP contribution >= 0.6 is 11.6 Å². The lowest BCUT2D eigenvalue weighted by molar-refractivity contribution is 0.546. The summed E-state index contributed by atoms with van der Waals surface area (Å²) in [6.45, 7) is 4.18. The maximum Gasteiger partial charge on any atom is 0.0419 e. The highest BCUT2D eigenvalue weighted by atomic mass is 35.5. The second kappa shape index (κ2) is 6.50. The zero-order valence-corrected chi connectivity index (χ0v) is 13.1. The number of hydrogen-bond donors (Lipinski definition) is 2. The van der Waals surface area contributed by atoms with E-state index in [9.17, 15) is 0 Å². The molecule has 0 radical (unpaired) electrons. The second-order valence-electron chi connectivity index (χ2n) is 5.74. The van der Waals surface area contributed by atoms with Gasteiger partial charge >= 0.3 is 0 Å². The molecule has 0 amide bonds. The predicted molar refractivity (Wildman–Crippen MR) is 90.1 cm³/mol. The molecule has 1 aliphatic rings. The van der Waals surface area contributed by atoms with E-state index >= 15 is 0 Å². The molecule has 2 N–H and O–H groups in total. The number of nitrogens with one attached hydrogen (secondary N) is 2. The first-order valence-electron chi connectivity index (χ1n) is 7.55. The Morgan fingerprint density at radius 3 is 2.95 bits per heavy atom. The highest BCUT2D eigenvalue weighted by molar-refractivity contribution is 6.30. The van der Waals surface area contributed by atoms with Crippen molar-refractivity contribution in [2.24, 2.45) is 0 Å². The van der Waals surface area contributed by atoms with Gasteiger partial charge in [0, 0.05) is 29.8 Å². The van der Waals surface area contributed by atoms with Crippen LogP contribution in [0.5, 0.6) is 0 Å². The van der Waals surface area contributed by atoms with Crippen molar-refractivity contribution in [2.75, 3.05) is 11.9 Å². The van der Waals surface area contributed by atoms with Crippen LogP contribution < -0.4 is 10.6 Å². The van der Waals surface area contributed by atoms with Gasteiger partial charge in [-0.2, -0.15) is 0 Å². The van der Waals surface area contributed by atoms with E-state index in [1.165, 1.54) is 22.4 Å². The van der Waals surface area contributed by atoms with E-state index in [0.29, 0.717) is 6.04 Å².